The first-order valence-electron chi connectivity index (χ1n) is 4.59. The number of nitrogens with one attached hydrogen (secondary N) is 1. The Hall–Kier alpha value is -1.30. The van der Waals surface area contributed by atoms with Crippen LogP contribution in [0.5, 0.6) is 0 Å². The second-order valence-electron chi connectivity index (χ2n) is 3.25. The summed E-state index contributed by atoms with van der Waals surface area (Å²) < 4.78 is 48.2. The second-order valence-corrected chi connectivity index (χ2v) is 3.66. The van der Waals surface area contributed by atoms with Crippen LogP contribution in [0.3, 0.4) is 0 Å². The highest BCUT2D eigenvalue weighted by atomic mass is 35.5. The maximum atomic E-state index is 12.8. The largest absolute Gasteiger partial charge is 0.471 e. The molecule has 0 heterocycles. The molecule has 0 fully saturated rings. The molecule has 17 heavy (non-hydrogen) atoms. The number of rotatable bonds is 3. The highest BCUT2D eigenvalue weighted by Crippen LogP contribution is 2.16. The summed E-state index contributed by atoms with van der Waals surface area (Å²) in [5.41, 5.74) is 0.541. The van der Waals surface area contributed by atoms with E-state index in [1.54, 1.807) is 5.32 Å². The summed E-state index contributed by atoms with van der Waals surface area (Å²) >= 11 is 5.49. The van der Waals surface area contributed by atoms with Crippen molar-refractivity contribution < 1.29 is 22.4 Å². The van der Waals surface area contributed by atoms with Crippen molar-refractivity contribution in [3.8, 4) is 0 Å². The molecular formula is C10H8ClF4NO. The first-order chi connectivity index (χ1) is 7.80. The first kappa shape index (κ1) is 13.8. The third-order valence-corrected chi connectivity index (χ3v) is 2.23. The zero-order chi connectivity index (χ0) is 13.1. The summed E-state index contributed by atoms with van der Waals surface area (Å²) in [7, 11) is 0. The number of halogens is 5. The Bertz CT molecular complexity index is 419. The third-order valence-electron chi connectivity index (χ3n) is 1.94. The van der Waals surface area contributed by atoms with Gasteiger partial charge in [-0.25, -0.2) is 4.39 Å². The summed E-state index contributed by atoms with van der Waals surface area (Å²) in [4.78, 5) is 10.5. The van der Waals surface area contributed by atoms with Crippen LogP contribution < -0.4 is 5.32 Å². The van der Waals surface area contributed by atoms with Crippen LogP contribution in [0.1, 0.15) is 5.56 Å². The number of benzene rings is 1. The number of carbonyl (C=O) groups excluding carboxylic acids is 1. The van der Waals surface area contributed by atoms with E-state index < -0.39 is 17.9 Å². The molecule has 2 nitrogen and oxygen atoms in total. The van der Waals surface area contributed by atoms with Crippen LogP contribution in [0.25, 0.3) is 0 Å². The zero-order valence-electron chi connectivity index (χ0n) is 8.44. The van der Waals surface area contributed by atoms with E-state index in [0.717, 1.165) is 6.07 Å². The van der Waals surface area contributed by atoms with Gasteiger partial charge in [-0.1, -0.05) is 17.7 Å². The lowest BCUT2D eigenvalue weighted by molar-refractivity contribution is -0.173. The van der Waals surface area contributed by atoms with Gasteiger partial charge in [-0.3, -0.25) is 4.79 Å². The normalized spacial score (nSPS) is 11.4. The highest BCUT2D eigenvalue weighted by Gasteiger charge is 2.38. The molecule has 1 N–H and O–H groups in total. The Kier molecular flexibility index (Phi) is 4.34. The SMILES string of the molecule is O=C(NCCc1ccc(F)c(Cl)c1)C(F)(F)F. The van der Waals surface area contributed by atoms with Gasteiger partial charge in [0, 0.05) is 6.54 Å². The molecule has 0 aliphatic rings. The third kappa shape index (κ3) is 4.22. The molecule has 1 rings (SSSR count). The molecular weight excluding hydrogens is 262 g/mol. The smallest absolute Gasteiger partial charge is 0.348 e. The van der Waals surface area contributed by atoms with E-state index in [4.69, 9.17) is 11.6 Å². The first-order valence-corrected chi connectivity index (χ1v) is 4.97. The van der Waals surface area contributed by atoms with Gasteiger partial charge in [-0.05, 0) is 24.1 Å². The second kappa shape index (κ2) is 5.35. The Morgan fingerprint density at radius 3 is 2.53 bits per heavy atom. The summed E-state index contributed by atoms with van der Waals surface area (Å²) in [6.45, 7) is -0.194. The monoisotopic (exact) mass is 269 g/mol. The minimum atomic E-state index is -4.89. The van der Waals surface area contributed by atoms with Crippen LogP contribution in [-0.2, 0) is 11.2 Å². The van der Waals surface area contributed by atoms with Gasteiger partial charge in [0.1, 0.15) is 5.82 Å². The molecule has 1 aromatic rings. The van der Waals surface area contributed by atoms with Crippen LogP contribution in [0.2, 0.25) is 5.02 Å². The minimum Gasteiger partial charge on any atom is -0.348 e. The van der Waals surface area contributed by atoms with Crippen molar-refractivity contribution in [2.75, 3.05) is 6.54 Å². The van der Waals surface area contributed by atoms with Crippen molar-refractivity contribution in [3.63, 3.8) is 0 Å². The predicted molar refractivity (Wildman–Crippen MR) is 54.2 cm³/mol. The minimum absolute atomic E-state index is 0.107. The molecule has 0 unspecified atom stereocenters. The standard InChI is InChI=1S/C10H8ClF4NO/c11-7-5-6(1-2-8(7)12)3-4-16-9(17)10(13,14)15/h1-2,5H,3-4H2,(H,16,17). The summed E-state index contributed by atoms with van der Waals surface area (Å²) in [5.74, 6) is -2.60. The van der Waals surface area contributed by atoms with E-state index >= 15 is 0 Å². The fourth-order valence-corrected chi connectivity index (χ4v) is 1.32. The Morgan fingerprint density at radius 1 is 1.35 bits per heavy atom. The lowest BCUT2D eigenvalue weighted by atomic mass is 10.1. The van der Waals surface area contributed by atoms with Crippen molar-refractivity contribution in [2.24, 2.45) is 0 Å². The van der Waals surface area contributed by atoms with E-state index in [1.165, 1.54) is 12.1 Å². The molecule has 0 saturated heterocycles. The average molecular weight is 270 g/mol. The topological polar surface area (TPSA) is 29.1 Å². The Balaban J connectivity index is 2.46. The molecule has 0 aliphatic carbocycles. The van der Waals surface area contributed by atoms with E-state index in [-0.39, 0.29) is 18.0 Å². The maximum Gasteiger partial charge on any atom is 0.471 e. The molecule has 1 amide bonds. The maximum absolute atomic E-state index is 12.8. The summed E-state index contributed by atoms with van der Waals surface area (Å²) in [6, 6.07) is 3.81. The number of alkyl halides is 3. The summed E-state index contributed by atoms with van der Waals surface area (Å²) in [5, 5.41) is 1.60. The highest BCUT2D eigenvalue weighted by molar-refractivity contribution is 6.30. The molecule has 0 saturated carbocycles. The van der Waals surface area contributed by atoms with Crippen LogP contribution in [-0.4, -0.2) is 18.6 Å². The number of hydrogen-bond acceptors (Lipinski definition) is 1. The van der Waals surface area contributed by atoms with Crippen molar-refractivity contribution >= 4 is 17.5 Å². The molecule has 0 radical (unpaired) electrons. The van der Waals surface area contributed by atoms with Crippen molar-refractivity contribution in [1.82, 2.24) is 5.32 Å². The van der Waals surface area contributed by atoms with Gasteiger partial charge in [0.2, 0.25) is 0 Å². The molecule has 0 bridgehead atoms. The summed E-state index contributed by atoms with van der Waals surface area (Å²) in [6.07, 6.45) is -4.75. The van der Waals surface area contributed by atoms with Gasteiger partial charge >= 0.3 is 12.1 Å². The zero-order valence-corrected chi connectivity index (χ0v) is 9.20. The van der Waals surface area contributed by atoms with Crippen LogP contribution >= 0.6 is 11.6 Å². The van der Waals surface area contributed by atoms with Gasteiger partial charge in [0.05, 0.1) is 5.02 Å². The van der Waals surface area contributed by atoms with E-state index in [9.17, 15) is 22.4 Å². The van der Waals surface area contributed by atoms with Gasteiger partial charge < -0.3 is 5.32 Å². The predicted octanol–water partition coefficient (Wildman–Crippen LogP) is 2.70. The van der Waals surface area contributed by atoms with Crippen molar-refractivity contribution in [2.45, 2.75) is 12.6 Å². The number of hydrogen-bond donors (Lipinski definition) is 1. The van der Waals surface area contributed by atoms with Crippen molar-refractivity contribution in [1.29, 1.82) is 0 Å². The van der Waals surface area contributed by atoms with Crippen LogP contribution in [0.4, 0.5) is 17.6 Å². The molecule has 94 valence electrons. The van der Waals surface area contributed by atoms with E-state index in [0.29, 0.717) is 5.56 Å². The fraction of sp³-hybridized carbons (Fsp3) is 0.300. The van der Waals surface area contributed by atoms with Gasteiger partial charge in [0.15, 0.2) is 0 Å². The van der Waals surface area contributed by atoms with Crippen LogP contribution in [0, 0.1) is 5.82 Å². The molecule has 7 heteroatoms. The van der Waals surface area contributed by atoms with Gasteiger partial charge in [-0.2, -0.15) is 13.2 Å². The lowest BCUT2D eigenvalue weighted by Crippen LogP contribution is -2.37. The molecule has 0 aliphatic heterocycles. The number of carbonyl (C=O) groups is 1. The lowest BCUT2D eigenvalue weighted by Gasteiger charge is -2.08. The Morgan fingerprint density at radius 2 is 2.00 bits per heavy atom. The van der Waals surface area contributed by atoms with E-state index in [1.807, 2.05) is 0 Å². The van der Waals surface area contributed by atoms with Crippen molar-refractivity contribution in [3.05, 3.63) is 34.6 Å². The molecule has 0 atom stereocenters. The Labute approximate surface area is 99.6 Å². The fourth-order valence-electron chi connectivity index (χ4n) is 1.12. The molecule has 1 aromatic carbocycles. The number of amides is 1. The molecule has 0 spiro atoms. The van der Waals surface area contributed by atoms with Crippen LogP contribution in [0.15, 0.2) is 18.2 Å². The molecule has 0 aromatic heterocycles. The van der Waals surface area contributed by atoms with Gasteiger partial charge in [-0.15, -0.1) is 0 Å². The van der Waals surface area contributed by atoms with E-state index in [2.05, 4.69) is 0 Å². The van der Waals surface area contributed by atoms with Gasteiger partial charge in [0.25, 0.3) is 0 Å². The average Bonchev–Trinajstić information content (AvgIpc) is 2.22. The quantitative estimate of drug-likeness (QED) is 0.840.